The zero-order chi connectivity index (χ0) is 24.1. The van der Waals surface area contributed by atoms with Gasteiger partial charge in [0.1, 0.15) is 11.5 Å². The summed E-state index contributed by atoms with van der Waals surface area (Å²) >= 11 is 0. The Morgan fingerprint density at radius 3 is 2.50 bits per heavy atom. The minimum Gasteiger partial charge on any atom is -0.457 e. The molecule has 0 saturated carbocycles. The van der Waals surface area contributed by atoms with E-state index in [-0.39, 0.29) is 29.7 Å². The van der Waals surface area contributed by atoms with Crippen LogP contribution >= 0.6 is 0 Å². The molecule has 1 N–H and O–H groups in total. The van der Waals surface area contributed by atoms with Gasteiger partial charge in [-0.15, -0.1) is 0 Å². The van der Waals surface area contributed by atoms with Gasteiger partial charge in [-0.3, -0.25) is 9.59 Å². The van der Waals surface area contributed by atoms with Crippen LogP contribution in [0, 0.1) is 0 Å². The number of hydrogen-bond acceptors (Lipinski definition) is 6. The highest BCUT2D eigenvalue weighted by Gasteiger charge is 2.31. The summed E-state index contributed by atoms with van der Waals surface area (Å²) in [6.07, 6.45) is 1.77. The van der Waals surface area contributed by atoms with E-state index in [2.05, 4.69) is 15.5 Å². The molecule has 8 heteroatoms. The summed E-state index contributed by atoms with van der Waals surface area (Å²) in [6.45, 7) is 6.51. The lowest BCUT2D eigenvalue weighted by atomic mass is 9.96. The molecule has 2 amide bonds. The normalized spacial score (nSPS) is 16.0. The highest BCUT2D eigenvalue weighted by atomic mass is 16.5. The molecule has 8 nitrogen and oxygen atoms in total. The lowest BCUT2D eigenvalue weighted by Crippen LogP contribution is -2.37. The van der Waals surface area contributed by atoms with E-state index in [4.69, 9.17) is 9.26 Å². The topological polar surface area (TPSA) is 97.6 Å². The molecular weight excluding hydrogens is 432 g/mol. The van der Waals surface area contributed by atoms with Crippen LogP contribution in [0.2, 0.25) is 0 Å². The maximum Gasteiger partial charge on any atom is 0.229 e. The minimum absolute atomic E-state index is 0.0115. The van der Waals surface area contributed by atoms with Gasteiger partial charge in [-0.25, -0.2) is 0 Å². The lowest BCUT2D eigenvalue weighted by molar-refractivity contribution is -0.121. The van der Waals surface area contributed by atoms with Crippen LogP contribution in [0.4, 0.5) is 5.69 Å². The third-order valence-corrected chi connectivity index (χ3v) is 5.55. The van der Waals surface area contributed by atoms with Crippen molar-refractivity contribution in [1.82, 2.24) is 15.5 Å². The third kappa shape index (κ3) is 6.01. The molecule has 1 saturated heterocycles. The second-order valence-corrected chi connectivity index (χ2v) is 9.50. The minimum atomic E-state index is -0.212. The van der Waals surface area contributed by atoms with Gasteiger partial charge in [0, 0.05) is 36.9 Å². The first-order valence-corrected chi connectivity index (χ1v) is 11.5. The summed E-state index contributed by atoms with van der Waals surface area (Å²) in [5.74, 6) is 2.56. The lowest BCUT2D eigenvalue weighted by Gasteiger charge is -2.18. The fourth-order valence-corrected chi connectivity index (χ4v) is 3.73. The molecule has 3 aromatic rings. The molecule has 0 radical (unpaired) electrons. The Balaban J connectivity index is 1.24. The van der Waals surface area contributed by atoms with E-state index < -0.39 is 0 Å². The van der Waals surface area contributed by atoms with Crippen LogP contribution in [-0.2, 0) is 21.4 Å². The number of carbonyl (C=O) groups is 2. The van der Waals surface area contributed by atoms with Gasteiger partial charge in [-0.05, 0) is 42.8 Å². The first-order valence-electron chi connectivity index (χ1n) is 11.5. The molecular formula is C26H30N4O4. The van der Waals surface area contributed by atoms with E-state index >= 15 is 0 Å². The van der Waals surface area contributed by atoms with Gasteiger partial charge in [-0.1, -0.05) is 44.1 Å². The predicted octanol–water partition coefficient (Wildman–Crippen LogP) is 4.40. The molecule has 4 rings (SSSR count). The molecule has 1 unspecified atom stereocenters. The second-order valence-electron chi connectivity index (χ2n) is 9.50. The molecule has 1 aliphatic heterocycles. The number of rotatable bonds is 8. The maximum atomic E-state index is 12.5. The van der Waals surface area contributed by atoms with Crippen LogP contribution in [0.5, 0.6) is 11.5 Å². The number of nitrogens with zero attached hydrogens (tertiary/aromatic N) is 3. The van der Waals surface area contributed by atoms with Gasteiger partial charge in [0.25, 0.3) is 0 Å². The largest absolute Gasteiger partial charge is 0.457 e. The standard InChI is InChI=1S/C26H30N4O4/c1-26(2,3)25-28-23(34-29-25)11-7-10-22(31)27-18-16-24(32)30(17-18)19-12-14-21(15-13-19)33-20-8-5-4-6-9-20/h4-6,8-9,12-15,18H,7,10-11,16-17H2,1-3H3,(H,27,31). The van der Waals surface area contributed by atoms with Crippen LogP contribution in [0.15, 0.2) is 59.1 Å². The van der Waals surface area contributed by atoms with E-state index in [1.54, 1.807) is 4.90 Å². The predicted molar refractivity (Wildman–Crippen MR) is 128 cm³/mol. The highest BCUT2D eigenvalue weighted by molar-refractivity contribution is 5.96. The number of aromatic nitrogens is 2. The Morgan fingerprint density at radius 1 is 1.12 bits per heavy atom. The van der Waals surface area contributed by atoms with Gasteiger partial charge in [0.15, 0.2) is 5.82 Å². The SMILES string of the molecule is CC(C)(C)c1noc(CCCC(=O)NC2CC(=O)N(c3ccc(Oc4ccccc4)cc3)C2)n1. The van der Waals surface area contributed by atoms with Crippen molar-refractivity contribution < 1.29 is 18.8 Å². The molecule has 34 heavy (non-hydrogen) atoms. The molecule has 0 spiro atoms. The number of anilines is 1. The Kier molecular flexibility index (Phi) is 6.95. The van der Waals surface area contributed by atoms with E-state index in [9.17, 15) is 9.59 Å². The molecule has 0 aliphatic carbocycles. The van der Waals surface area contributed by atoms with Crippen LogP contribution in [0.1, 0.15) is 51.7 Å². The summed E-state index contributed by atoms with van der Waals surface area (Å²) in [5.41, 5.74) is 0.614. The van der Waals surface area contributed by atoms with Crippen molar-refractivity contribution >= 4 is 17.5 Å². The summed E-state index contributed by atoms with van der Waals surface area (Å²) < 4.78 is 11.1. The maximum absolute atomic E-state index is 12.5. The Morgan fingerprint density at radius 2 is 1.82 bits per heavy atom. The first-order chi connectivity index (χ1) is 16.3. The average Bonchev–Trinajstić information content (AvgIpc) is 3.42. The molecule has 1 fully saturated rings. The molecule has 1 atom stereocenters. The van der Waals surface area contributed by atoms with Crippen molar-refractivity contribution in [1.29, 1.82) is 0 Å². The number of ether oxygens (including phenoxy) is 1. The van der Waals surface area contributed by atoms with Crippen molar-refractivity contribution in [2.45, 2.75) is 57.9 Å². The van der Waals surface area contributed by atoms with Crippen molar-refractivity contribution in [3.63, 3.8) is 0 Å². The number of nitrogens with one attached hydrogen (secondary N) is 1. The third-order valence-electron chi connectivity index (χ3n) is 5.55. The zero-order valence-electron chi connectivity index (χ0n) is 19.8. The number of amides is 2. The summed E-state index contributed by atoms with van der Waals surface area (Å²) in [6, 6.07) is 16.7. The summed E-state index contributed by atoms with van der Waals surface area (Å²) in [4.78, 5) is 31.0. The monoisotopic (exact) mass is 462 g/mol. The van der Waals surface area contributed by atoms with E-state index in [1.165, 1.54) is 0 Å². The van der Waals surface area contributed by atoms with Gasteiger partial charge in [-0.2, -0.15) is 4.98 Å². The van der Waals surface area contributed by atoms with E-state index in [0.29, 0.717) is 43.3 Å². The first kappa shape index (κ1) is 23.5. The molecule has 2 aromatic carbocycles. The Labute approximate surface area is 199 Å². The van der Waals surface area contributed by atoms with Gasteiger partial charge in [0.05, 0.1) is 6.04 Å². The van der Waals surface area contributed by atoms with Crippen LogP contribution in [0.3, 0.4) is 0 Å². The molecule has 178 valence electrons. The fraction of sp³-hybridized carbons (Fsp3) is 0.385. The fourth-order valence-electron chi connectivity index (χ4n) is 3.73. The van der Waals surface area contributed by atoms with Gasteiger partial charge >= 0.3 is 0 Å². The smallest absolute Gasteiger partial charge is 0.229 e. The van der Waals surface area contributed by atoms with Crippen molar-refractivity contribution in [2.75, 3.05) is 11.4 Å². The zero-order valence-corrected chi connectivity index (χ0v) is 19.8. The second kappa shape index (κ2) is 10.1. The number of para-hydroxylation sites is 1. The molecule has 1 aliphatic rings. The highest BCUT2D eigenvalue weighted by Crippen LogP contribution is 2.27. The molecule has 0 bridgehead atoms. The quantitative estimate of drug-likeness (QED) is 0.533. The van der Waals surface area contributed by atoms with Crippen molar-refractivity contribution in [3.8, 4) is 11.5 Å². The van der Waals surface area contributed by atoms with E-state index in [0.717, 1.165) is 11.4 Å². The number of carbonyl (C=O) groups excluding carboxylic acids is 2. The number of aryl methyl sites for hydroxylation is 1. The summed E-state index contributed by atoms with van der Waals surface area (Å²) in [5, 5.41) is 6.98. The van der Waals surface area contributed by atoms with E-state index in [1.807, 2.05) is 75.4 Å². The van der Waals surface area contributed by atoms with Crippen LogP contribution in [-0.4, -0.2) is 34.5 Å². The Hall–Kier alpha value is -3.68. The van der Waals surface area contributed by atoms with Crippen LogP contribution < -0.4 is 15.0 Å². The average molecular weight is 463 g/mol. The van der Waals surface area contributed by atoms with Crippen molar-refractivity contribution in [2.24, 2.45) is 0 Å². The van der Waals surface area contributed by atoms with Gasteiger partial charge < -0.3 is 19.5 Å². The molecule has 2 heterocycles. The number of benzene rings is 2. The van der Waals surface area contributed by atoms with Gasteiger partial charge in [0.2, 0.25) is 17.7 Å². The number of hydrogen-bond donors (Lipinski definition) is 1. The summed E-state index contributed by atoms with van der Waals surface area (Å²) in [7, 11) is 0. The van der Waals surface area contributed by atoms with Crippen molar-refractivity contribution in [3.05, 3.63) is 66.3 Å². The van der Waals surface area contributed by atoms with Crippen LogP contribution in [0.25, 0.3) is 0 Å². The molecule has 1 aromatic heterocycles. The Bertz CT molecular complexity index is 1120.